The van der Waals surface area contributed by atoms with Crippen molar-refractivity contribution in [3.8, 4) is 11.5 Å². The summed E-state index contributed by atoms with van der Waals surface area (Å²) < 4.78 is 65.9. The summed E-state index contributed by atoms with van der Waals surface area (Å²) in [6.45, 7) is 7.37. The second-order valence-electron chi connectivity index (χ2n) is 16.6. The number of oxazole rings is 1. The Kier molecular flexibility index (Phi) is 12.2. The van der Waals surface area contributed by atoms with Crippen LogP contribution in [0.25, 0.3) is 11.5 Å². The lowest BCUT2D eigenvalue weighted by atomic mass is 9.89. The van der Waals surface area contributed by atoms with Crippen LogP contribution in [0.5, 0.6) is 0 Å². The minimum absolute atomic E-state index is 0.00749. The van der Waals surface area contributed by atoms with Crippen molar-refractivity contribution in [1.82, 2.24) is 34.9 Å². The summed E-state index contributed by atoms with van der Waals surface area (Å²) in [5.74, 6) is -4.52. The molecule has 6 heterocycles. The maximum atomic E-state index is 15.2. The average molecular weight is 848 g/mol. The molecule has 0 radical (unpaired) electrons. The number of carbonyl (C=O) groups is 4. The van der Waals surface area contributed by atoms with E-state index in [2.05, 4.69) is 44.4 Å². The van der Waals surface area contributed by atoms with Gasteiger partial charge in [-0.25, -0.2) is 22.5 Å². The van der Waals surface area contributed by atoms with Crippen LogP contribution in [-0.2, 0) is 14.4 Å². The average Bonchev–Trinajstić information content (AvgIpc) is 4.05. The third-order valence-corrected chi connectivity index (χ3v) is 12.8. The fraction of sp³-hybridized carbons (Fsp3) is 0.512. The Hall–Kier alpha value is -5.65. The van der Waals surface area contributed by atoms with E-state index < -0.39 is 47.4 Å². The summed E-state index contributed by atoms with van der Waals surface area (Å²) in [5, 5.41) is 8.92. The molecular formula is C43H49F4N9O5. The molecule has 0 bridgehead atoms. The van der Waals surface area contributed by atoms with Crippen molar-refractivity contribution in [2.24, 2.45) is 5.92 Å². The van der Waals surface area contributed by atoms with Crippen LogP contribution in [0.4, 0.5) is 28.9 Å². The smallest absolute Gasteiger partial charge is 0.284 e. The normalized spacial score (nSPS) is 23.1. The van der Waals surface area contributed by atoms with E-state index >= 15 is 8.78 Å². The number of halogens is 4. The number of piperazine rings is 1. The van der Waals surface area contributed by atoms with Crippen LogP contribution in [-0.4, -0.2) is 98.5 Å². The first-order chi connectivity index (χ1) is 29.4. The van der Waals surface area contributed by atoms with Gasteiger partial charge in [-0.15, -0.1) is 0 Å². The number of benzene rings is 1. The van der Waals surface area contributed by atoms with Gasteiger partial charge in [-0.1, -0.05) is 13.8 Å². The number of pyridine rings is 1. The lowest BCUT2D eigenvalue weighted by molar-refractivity contribution is -0.137. The van der Waals surface area contributed by atoms with E-state index in [1.807, 2.05) is 11.0 Å². The third kappa shape index (κ3) is 8.90. The molecule has 0 spiro atoms. The lowest BCUT2D eigenvalue weighted by Crippen LogP contribution is -2.53. The molecule has 14 nitrogen and oxygen atoms in total. The Morgan fingerprint density at radius 2 is 1.69 bits per heavy atom. The Bertz CT molecular complexity index is 2260. The molecule has 4 amide bonds. The molecule has 18 heteroatoms. The zero-order chi connectivity index (χ0) is 42.9. The van der Waals surface area contributed by atoms with Gasteiger partial charge >= 0.3 is 0 Å². The minimum atomic E-state index is -2.91. The standard InChI is InChI=1S/C43H49F4N9O5/c1-3-24(2)33-18-25(10-12-48-33)42-50-35(23-61-42)41(59)49-34-22-56(52-38(34)39(46)47)28-6-4-27(5-7-28)53-14-16-54(17-15-53)43(60)26-11-13-55(21-26)29-19-31(44)37(32(45)20-29)30-8-9-36(57)51-40(30)58/h10,12,18-20,22-24,26-28,30,39H,3-9,11,13-17,21H2,1-2H3,(H,49,59)(H,51,57,58)/t24?,26-,27?,28?,30-/m1/s1. The molecule has 324 valence electrons. The number of piperidine rings is 1. The largest absolute Gasteiger partial charge is 0.444 e. The van der Waals surface area contributed by atoms with Gasteiger partial charge in [0.1, 0.15) is 17.9 Å². The van der Waals surface area contributed by atoms with Crippen molar-refractivity contribution in [2.45, 2.75) is 95.6 Å². The molecule has 8 rings (SSSR count). The number of hydrogen-bond donors (Lipinski definition) is 2. The maximum absolute atomic E-state index is 15.2. The van der Waals surface area contributed by atoms with Crippen molar-refractivity contribution < 1.29 is 41.2 Å². The number of hydrogen-bond acceptors (Lipinski definition) is 10. The van der Waals surface area contributed by atoms with Gasteiger partial charge in [0, 0.05) is 86.6 Å². The Balaban J connectivity index is 0.815. The van der Waals surface area contributed by atoms with Gasteiger partial charge in [0.2, 0.25) is 23.6 Å². The molecule has 1 saturated carbocycles. The van der Waals surface area contributed by atoms with Gasteiger partial charge in [0.15, 0.2) is 11.4 Å². The first-order valence-electron chi connectivity index (χ1n) is 21.1. The number of alkyl halides is 2. The number of nitrogens with one attached hydrogen (secondary N) is 2. The number of amides is 4. The molecule has 3 saturated heterocycles. The van der Waals surface area contributed by atoms with Crippen molar-refractivity contribution >= 4 is 35.0 Å². The number of anilines is 2. The van der Waals surface area contributed by atoms with Gasteiger partial charge in [-0.05, 0) is 75.1 Å². The number of aromatic nitrogens is 4. The van der Waals surface area contributed by atoms with Crippen LogP contribution in [0.3, 0.4) is 0 Å². The quantitative estimate of drug-likeness (QED) is 0.125. The van der Waals surface area contributed by atoms with Gasteiger partial charge in [-0.3, -0.25) is 39.1 Å². The summed E-state index contributed by atoms with van der Waals surface area (Å²) >= 11 is 0. The first-order valence-corrected chi connectivity index (χ1v) is 21.1. The van der Waals surface area contributed by atoms with Crippen LogP contribution in [0.15, 0.2) is 47.3 Å². The first kappa shape index (κ1) is 42.1. The highest BCUT2D eigenvalue weighted by molar-refractivity contribution is 6.03. The van der Waals surface area contributed by atoms with Crippen LogP contribution in [0.1, 0.15) is 117 Å². The maximum Gasteiger partial charge on any atom is 0.284 e. The summed E-state index contributed by atoms with van der Waals surface area (Å²) in [4.78, 5) is 65.3. The molecule has 3 aromatic heterocycles. The summed E-state index contributed by atoms with van der Waals surface area (Å²) in [6.07, 6.45) is 5.91. The summed E-state index contributed by atoms with van der Waals surface area (Å²) in [6, 6.07) is 6.12. The fourth-order valence-corrected chi connectivity index (χ4v) is 9.11. The van der Waals surface area contributed by atoms with Crippen molar-refractivity contribution in [2.75, 3.05) is 49.5 Å². The highest BCUT2D eigenvalue weighted by Crippen LogP contribution is 2.37. The molecule has 2 N–H and O–H groups in total. The van der Waals surface area contributed by atoms with Gasteiger partial charge in [0.05, 0.1) is 23.6 Å². The lowest BCUT2D eigenvalue weighted by Gasteiger charge is -2.42. The molecule has 1 aromatic carbocycles. The fourth-order valence-electron chi connectivity index (χ4n) is 9.11. The molecule has 61 heavy (non-hydrogen) atoms. The molecule has 1 unspecified atom stereocenters. The predicted octanol–water partition coefficient (Wildman–Crippen LogP) is 6.59. The highest BCUT2D eigenvalue weighted by Gasteiger charge is 2.37. The number of rotatable bonds is 11. The van der Waals surface area contributed by atoms with E-state index in [1.165, 1.54) is 29.3 Å². The van der Waals surface area contributed by atoms with E-state index in [0.29, 0.717) is 69.8 Å². The van der Waals surface area contributed by atoms with E-state index in [9.17, 15) is 28.0 Å². The molecule has 1 aliphatic carbocycles. The van der Waals surface area contributed by atoms with Gasteiger partial charge in [-0.2, -0.15) is 5.10 Å². The van der Waals surface area contributed by atoms with Crippen molar-refractivity contribution in [3.05, 3.63) is 77.2 Å². The van der Waals surface area contributed by atoms with Crippen molar-refractivity contribution in [3.63, 3.8) is 0 Å². The number of carbonyl (C=O) groups excluding carboxylic acids is 4. The van der Waals surface area contributed by atoms with Crippen molar-refractivity contribution in [1.29, 1.82) is 0 Å². The zero-order valence-electron chi connectivity index (χ0n) is 34.1. The second kappa shape index (κ2) is 17.8. The van der Waals surface area contributed by atoms with Gasteiger partial charge < -0.3 is 19.5 Å². The van der Waals surface area contributed by atoms with Crippen LogP contribution < -0.4 is 15.5 Å². The summed E-state index contributed by atoms with van der Waals surface area (Å²) in [7, 11) is 0. The second-order valence-corrected chi connectivity index (χ2v) is 16.6. The molecule has 4 fully saturated rings. The van der Waals surface area contributed by atoms with E-state index in [0.717, 1.165) is 25.0 Å². The summed E-state index contributed by atoms with van der Waals surface area (Å²) in [5.41, 5.74) is 0.834. The zero-order valence-corrected chi connectivity index (χ0v) is 34.1. The van der Waals surface area contributed by atoms with Crippen LogP contribution in [0.2, 0.25) is 0 Å². The topological polar surface area (TPSA) is 159 Å². The number of nitrogens with zero attached hydrogens (tertiary/aromatic N) is 7. The molecule has 3 aliphatic heterocycles. The predicted molar refractivity (Wildman–Crippen MR) is 215 cm³/mol. The molecular weight excluding hydrogens is 799 g/mol. The van der Waals surface area contributed by atoms with Crippen LogP contribution in [0, 0.1) is 17.6 Å². The van der Waals surface area contributed by atoms with E-state index in [-0.39, 0.29) is 65.5 Å². The SMILES string of the molecule is CCC(C)c1cc(-c2nc(C(=O)Nc3cn(C4CCC(N5CCN(C(=O)[C@@H]6CCN(c7cc(F)c([C@H]8CCC(=O)NC8=O)c(F)c7)C6)CC5)CC4)nc3C(F)F)co2)ccn1. The molecule has 4 aliphatic rings. The minimum Gasteiger partial charge on any atom is -0.444 e. The Morgan fingerprint density at radius 3 is 2.38 bits per heavy atom. The molecule has 4 aromatic rings. The Morgan fingerprint density at radius 1 is 0.967 bits per heavy atom. The Labute approximate surface area is 350 Å². The third-order valence-electron chi connectivity index (χ3n) is 12.8. The number of imide groups is 1. The monoisotopic (exact) mass is 847 g/mol. The van der Waals surface area contributed by atoms with E-state index in [1.54, 1.807) is 17.2 Å². The van der Waals surface area contributed by atoms with Gasteiger partial charge in [0.25, 0.3) is 12.3 Å². The van der Waals surface area contributed by atoms with E-state index in [4.69, 9.17) is 4.42 Å². The van der Waals surface area contributed by atoms with Crippen LogP contribution >= 0.6 is 0 Å². The highest BCUT2D eigenvalue weighted by atomic mass is 19.3. The molecule has 3 atom stereocenters.